The first-order valence-corrected chi connectivity index (χ1v) is 19.0. The zero-order valence-corrected chi connectivity index (χ0v) is 30.7. The van der Waals surface area contributed by atoms with E-state index in [1.54, 1.807) is 6.07 Å². The van der Waals surface area contributed by atoms with Crippen molar-refractivity contribution in [2.75, 3.05) is 4.90 Å². The Morgan fingerprint density at radius 3 is 1.94 bits per heavy atom. The van der Waals surface area contributed by atoms with Crippen molar-refractivity contribution >= 4 is 22.4 Å². The van der Waals surface area contributed by atoms with E-state index in [4.69, 9.17) is 9.73 Å². The van der Waals surface area contributed by atoms with Crippen molar-refractivity contribution < 1.29 is 9.84 Å². The smallest absolute Gasteiger partial charge is 0.219 e. The van der Waals surface area contributed by atoms with E-state index in [-0.39, 0.29) is 23.2 Å². The number of phenols is 1. The van der Waals surface area contributed by atoms with Gasteiger partial charge in [-0.05, 0) is 76.9 Å². The van der Waals surface area contributed by atoms with Crippen LogP contribution in [0, 0.1) is 5.41 Å². The zero-order chi connectivity index (χ0) is 36.6. The maximum atomic E-state index is 10.5. The monoisotopic (exact) mass is 705 g/mol. The zero-order valence-electron chi connectivity index (χ0n) is 30.7. The Kier molecular flexibility index (Phi) is 8.70. The molecule has 54 heavy (non-hydrogen) atoms. The van der Waals surface area contributed by atoms with Gasteiger partial charge in [-0.15, -0.1) is 0 Å². The molecule has 0 saturated heterocycles. The van der Waals surface area contributed by atoms with Gasteiger partial charge in [0.1, 0.15) is 22.9 Å². The molecule has 9 rings (SSSR count). The number of aliphatic imine (C=N–C) groups is 1. The molecule has 0 bridgehead atoms. The quantitative estimate of drug-likeness (QED) is 0.179. The molecule has 1 aliphatic carbocycles. The van der Waals surface area contributed by atoms with Crippen LogP contribution >= 0.6 is 0 Å². The van der Waals surface area contributed by atoms with Crippen LogP contribution in [0.4, 0.5) is 5.69 Å². The van der Waals surface area contributed by atoms with Crippen LogP contribution < -0.4 is 9.64 Å². The normalized spacial score (nSPS) is 17.8. The average molecular weight is 706 g/mol. The number of aromatic nitrogens is 1. The summed E-state index contributed by atoms with van der Waals surface area (Å²) < 4.78 is 6.42. The molecule has 0 amide bonds. The highest BCUT2D eigenvalue weighted by Gasteiger charge is 2.47. The van der Waals surface area contributed by atoms with Gasteiger partial charge in [0.15, 0.2) is 0 Å². The number of hydrogen-bond acceptors (Lipinski definition) is 5. The van der Waals surface area contributed by atoms with Gasteiger partial charge in [-0.3, -0.25) is 4.99 Å². The van der Waals surface area contributed by atoms with Crippen molar-refractivity contribution in [3.63, 3.8) is 0 Å². The maximum absolute atomic E-state index is 10.5. The molecule has 266 valence electrons. The number of para-hydroxylation sites is 1. The fourth-order valence-electron chi connectivity index (χ4n) is 8.48. The minimum Gasteiger partial charge on any atom is -0.506 e. The van der Waals surface area contributed by atoms with Crippen LogP contribution in [0.5, 0.6) is 17.4 Å². The van der Waals surface area contributed by atoms with E-state index >= 15 is 0 Å². The number of nitrogens with zero attached hydrogens (tertiary/aromatic N) is 3. The Labute approximate surface area is 317 Å². The summed E-state index contributed by atoms with van der Waals surface area (Å²) in [6.45, 7) is 4.80. The summed E-state index contributed by atoms with van der Waals surface area (Å²) in [7, 11) is 0. The summed E-state index contributed by atoms with van der Waals surface area (Å²) in [4.78, 5) is 13.0. The number of fused-ring (bicyclic) bond motifs is 2. The third-order valence-electron chi connectivity index (χ3n) is 11.2. The number of hydrogen-bond donors (Lipinski definition) is 1. The third-order valence-corrected chi connectivity index (χ3v) is 11.2. The summed E-state index contributed by atoms with van der Waals surface area (Å²) in [5.74, 6) is 2.17. The molecule has 2 atom stereocenters. The van der Waals surface area contributed by atoms with E-state index in [2.05, 4.69) is 139 Å². The summed E-state index contributed by atoms with van der Waals surface area (Å²) in [5, 5.41) is 11.4. The number of phenolic OH excluding ortho intramolecular Hbond substituents is 1. The maximum Gasteiger partial charge on any atom is 0.219 e. The molecular weight excluding hydrogens is 663 g/mol. The minimum atomic E-state index is 0.0100. The standard InChI is InChI=1S/C49H43N3O2/c1-49(2)29-13-12-25-42-47(49)51-48(37-23-14-24-39(30-37)54-44-28-27-36-22-15-26-43(53)45(36)50-44)52(42)46-40(34-18-8-4-9-19-34)31-38(33-16-6-3-7-17-33)32-41(46)35-20-10-5-11-21-35/h3-11,14-24,26-28,30-32,42,47,53H,12-13,25,29H2,1-2H3/t42-,47-/m1/s1. The van der Waals surface area contributed by atoms with Gasteiger partial charge in [0.2, 0.25) is 5.88 Å². The predicted molar refractivity (Wildman–Crippen MR) is 222 cm³/mol. The van der Waals surface area contributed by atoms with E-state index < -0.39 is 0 Å². The van der Waals surface area contributed by atoms with Gasteiger partial charge >= 0.3 is 0 Å². The molecule has 2 heterocycles. The number of aromatic hydroxyl groups is 1. The first-order valence-electron chi connectivity index (χ1n) is 19.0. The van der Waals surface area contributed by atoms with Crippen molar-refractivity contribution in [3.8, 4) is 50.8 Å². The molecule has 1 aliphatic heterocycles. The van der Waals surface area contributed by atoms with Crippen molar-refractivity contribution in [1.82, 2.24) is 4.98 Å². The van der Waals surface area contributed by atoms with E-state index in [1.165, 1.54) is 45.5 Å². The second-order valence-corrected chi connectivity index (χ2v) is 15.2. The average Bonchev–Trinajstić information content (AvgIpc) is 3.53. The second-order valence-electron chi connectivity index (χ2n) is 15.2. The number of ether oxygens (including phenoxy) is 1. The van der Waals surface area contributed by atoms with Gasteiger partial charge in [-0.1, -0.05) is 142 Å². The van der Waals surface area contributed by atoms with Crippen molar-refractivity contribution in [1.29, 1.82) is 0 Å². The Bertz CT molecular complexity index is 2420. The fourth-order valence-corrected chi connectivity index (χ4v) is 8.48. The number of pyridine rings is 1. The van der Waals surface area contributed by atoms with Crippen LogP contribution in [0.15, 0.2) is 163 Å². The Hall–Kier alpha value is -6.20. The van der Waals surface area contributed by atoms with Crippen molar-refractivity contribution in [2.24, 2.45) is 10.4 Å². The molecular formula is C49H43N3O2. The SMILES string of the molecule is CC1(C)CCCC[C@@H]2[C@H]1N=C(c1cccc(Oc3ccc4cccc(O)c4n3)c1)N2c1c(-c2ccccc2)cc(-c2ccccc2)cc1-c1ccccc1. The van der Waals surface area contributed by atoms with E-state index in [0.29, 0.717) is 17.1 Å². The Morgan fingerprint density at radius 2 is 1.26 bits per heavy atom. The van der Waals surface area contributed by atoms with Crippen LogP contribution in [0.3, 0.4) is 0 Å². The molecule has 7 aromatic rings. The van der Waals surface area contributed by atoms with Crippen molar-refractivity contribution in [2.45, 2.75) is 51.6 Å². The van der Waals surface area contributed by atoms with Gasteiger partial charge < -0.3 is 14.7 Å². The molecule has 5 heteroatoms. The number of rotatable bonds is 7. The molecule has 1 aromatic heterocycles. The molecule has 0 spiro atoms. The minimum absolute atomic E-state index is 0.0100. The first-order chi connectivity index (χ1) is 26.4. The summed E-state index contributed by atoms with van der Waals surface area (Å²) in [6, 6.07) is 54.8. The first kappa shape index (κ1) is 33.6. The molecule has 0 unspecified atom stereocenters. The van der Waals surface area contributed by atoms with Gasteiger partial charge in [-0.2, -0.15) is 0 Å². The number of amidine groups is 1. The highest BCUT2D eigenvalue weighted by atomic mass is 16.5. The Balaban J connectivity index is 1.25. The van der Waals surface area contributed by atoms with Crippen LogP contribution in [0.25, 0.3) is 44.3 Å². The molecule has 1 fully saturated rings. The van der Waals surface area contributed by atoms with Gasteiger partial charge in [0.25, 0.3) is 0 Å². The fraction of sp³-hybridized carbons (Fsp3) is 0.184. The van der Waals surface area contributed by atoms with E-state index in [0.717, 1.165) is 36.0 Å². The number of anilines is 1. The summed E-state index contributed by atoms with van der Waals surface area (Å²) >= 11 is 0. The van der Waals surface area contributed by atoms with Crippen LogP contribution in [-0.2, 0) is 0 Å². The van der Waals surface area contributed by atoms with Crippen LogP contribution in [-0.4, -0.2) is 28.0 Å². The Morgan fingerprint density at radius 1 is 0.630 bits per heavy atom. The summed E-state index contributed by atoms with van der Waals surface area (Å²) in [6.07, 6.45) is 4.52. The molecule has 6 aromatic carbocycles. The lowest BCUT2D eigenvalue weighted by Gasteiger charge is -2.37. The lowest BCUT2D eigenvalue weighted by atomic mass is 9.79. The van der Waals surface area contributed by atoms with Gasteiger partial charge in [-0.25, -0.2) is 4.98 Å². The molecule has 2 aliphatic rings. The number of benzene rings is 6. The molecule has 1 N–H and O–H groups in total. The lowest BCUT2D eigenvalue weighted by Crippen LogP contribution is -2.44. The summed E-state index contributed by atoms with van der Waals surface area (Å²) in [5.41, 5.74) is 9.74. The van der Waals surface area contributed by atoms with Gasteiger partial charge in [0, 0.05) is 28.1 Å². The van der Waals surface area contributed by atoms with Crippen LogP contribution in [0.2, 0.25) is 0 Å². The van der Waals surface area contributed by atoms with E-state index in [9.17, 15) is 5.11 Å². The second kappa shape index (κ2) is 14.0. The topological polar surface area (TPSA) is 58.0 Å². The molecule has 5 nitrogen and oxygen atoms in total. The molecule has 0 radical (unpaired) electrons. The van der Waals surface area contributed by atoms with Gasteiger partial charge in [0.05, 0.1) is 17.8 Å². The van der Waals surface area contributed by atoms with Crippen LogP contribution in [0.1, 0.15) is 45.1 Å². The third kappa shape index (κ3) is 6.30. The predicted octanol–water partition coefficient (Wildman–Crippen LogP) is 12.3. The lowest BCUT2D eigenvalue weighted by molar-refractivity contribution is 0.260. The highest BCUT2D eigenvalue weighted by molar-refractivity contribution is 6.16. The van der Waals surface area contributed by atoms with E-state index in [1.807, 2.05) is 36.4 Å². The largest absolute Gasteiger partial charge is 0.506 e. The molecule has 1 saturated carbocycles. The highest BCUT2D eigenvalue weighted by Crippen LogP contribution is 2.50. The van der Waals surface area contributed by atoms with Crippen molar-refractivity contribution in [3.05, 3.63) is 163 Å².